The highest BCUT2D eigenvalue weighted by Gasteiger charge is 2.20. The Morgan fingerprint density at radius 1 is 0.909 bits per heavy atom. The second kappa shape index (κ2) is 9.32. The molecule has 0 N–H and O–H groups in total. The van der Waals surface area contributed by atoms with Crippen LogP contribution in [0.5, 0.6) is 11.5 Å². The van der Waals surface area contributed by atoms with Gasteiger partial charge in [0.05, 0.1) is 5.39 Å². The summed E-state index contributed by atoms with van der Waals surface area (Å²) in [6.45, 7) is 8.84. The quantitative estimate of drug-likeness (QED) is 0.285. The molecule has 170 valence electrons. The number of aryl methyl sites for hydroxylation is 1. The van der Waals surface area contributed by atoms with Crippen LogP contribution in [0.3, 0.4) is 0 Å². The summed E-state index contributed by atoms with van der Waals surface area (Å²) in [5.41, 5.74) is 3.04. The first-order chi connectivity index (χ1) is 15.7. The molecule has 0 amide bonds. The Kier molecular flexibility index (Phi) is 6.48. The summed E-state index contributed by atoms with van der Waals surface area (Å²) >= 11 is 6.28. The highest BCUT2D eigenvalue weighted by Crippen LogP contribution is 2.34. The molecule has 0 aliphatic rings. The van der Waals surface area contributed by atoms with Crippen molar-refractivity contribution in [1.82, 2.24) is 0 Å². The summed E-state index contributed by atoms with van der Waals surface area (Å²) in [7, 11) is 0. The van der Waals surface area contributed by atoms with E-state index in [9.17, 15) is 4.79 Å². The van der Waals surface area contributed by atoms with Crippen molar-refractivity contribution < 1.29 is 13.9 Å². The van der Waals surface area contributed by atoms with E-state index < -0.39 is 0 Å². The van der Waals surface area contributed by atoms with Crippen LogP contribution in [-0.2, 0) is 5.41 Å². The Hall–Kier alpha value is -3.24. The van der Waals surface area contributed by atoms with Gasteiger partial charge in [-0.25, -0.2) is 0 Å². The van der Waals surface area contributed by atoms with Gasteiger partial charge in [0.2, 0.25) is 11.2 Å². The van der Waals surface area contributed by atoms with Crippen molar-refractivity contribution in [2.75, 3.05) is 13.2 Å². The number of para-hydroxylation sites is 1. The Morgan fingerprint density at radius 2 is 1.58 bits per heavy atom. The fourth-order valence-electron chi connectivity index (χ4n) is 3.56. The summed E-state index contributed by atoms with van der Waals surface area (Å²) in [5.74, 6) is 1.30. The number of hydrogen-bond donors (Lipinski definition) is 0. The first-order valence-electron chi connectivity index (χ1n) is 10.9. The molecular weight excluding hydrogens is 436 g/mol. The number of ether oxygens (including phenoxy) is 2. The Balaban J connectivity index is 1.71. The maximum absolute atomic E-state index is 13.4. The third-order valence-corrected chi connectivity index (χ3v) is 5.89. The molecule has 4 rings (SSSR count). The van der Waals surface area contributed by atoms with Gasteiger partial charge in [-0.15, -0.1) is 0 Å². The van der Waals surface area contributed by atoms with E-state index in [0.29, 0.717) is 28.4 Å². The van der Waals surface area contributed by atoms with Gasteiger partial charge >= 0.3 is 0 Å². The van der Waals surface area contributed by atoms with Crippen molar-refractivity contribution in [3.05, 3.63) is 93.1 Å². The molecule has 4 aromatic rings. The maximum Gasteiger partial charge on any atom is 0.235 e. The SMILES string of the molecule is Cc1cc2oc(-c3ccc(C(C)(C)C)cc3)c(OCCOc3ccccc3)c(=O)c2cc1Cl. The van der Waals surface area contributed by atoms with E-state index in [1.807, 2.05) is 49.4 Å². The largest absolute Gasteiger partial charge is 0.490 e. The minimum absolute atomic E-state index is 0.0186. The average molecular weight is 463 g/mol. The maximum atomic E-state index is 13.4. The van der Waals surface area contributed by atoms with Gasteiger partial charge in [0.25, 0.3) is 0 Å². The molecule has 0 aliphatic carbocycles. The molecule has 1 aromatic heterocycles. The number of fused-ring (bicyclic) bond motifs is 1. The third-order valence-electron chi connectivity index (χ3n) is 5.48. The molecule has 0 saturated carbocycles. The lowest BCUT2D eigenvalue weighted by atomic mass is 9.86. The van der Waals surface area contributed by atoms with Crippen LogP contribution in [-0.4, -0.2) is 13.2 Å². The molecule has 5 heteroatoms. The second-order valence-electron chi connectivity index (χ2n) is 9.02. The van der Waals surface area contributed by atoms with Gasteiger partial charge in [0, 0.05) is 10.6 Å². The monoisotopic (exact) mass is 462 g/mol. The van der Waals surface area contributed by atoms with E-state index >= 15 is 0 Å². The first kappa shape index (κ1) is 22.9. The summed E-state index contributed by atoms with van der Waals surface area (Å²) in [5, 5.41) is 0.898. The highest BCUT2D eigenvalue weighted by molar-refractivity contribution is 6.32. The van der Waals surface area contributed by atoms with E-state index in [0.717, 1.165) is 16.9 Å². The summed E-state index contributed by atoms with van der Waals surface area (Å²) in [6, 6.07) is 20.9. The van der Waals surface area contributed by atoms with Crippen LogP contribution in [0.25, 0.3) is 22.3 Å². The van der Waals surface area contributed by atoms with Crippen molar-refractivity contribution >= 4 is 22.6 Å². The zero-order valence-electron chi connectivity index (χ0n) is 19.3. The minimum Gasteiger partial charge on any atom is -0.490 e. The lowest BCUT2D eigenvalue weighted by Crippen LogP contribution is -2.15. The molecule has 1 heterocycles. The Morgan fingerprint density at radius 3 is 2.24 bits per heavy atom. The van der Waals surface area contributed by atoms with Gasteiger partial charge in [0.15, 0.2) is 5.76 Å². The molecule has 33 heavy (non-hydrogen) atoms. The number of halogens is 1. The molecule has 4 nitrogen and oxygen atoms in total. The number of hydrogen-bond acceptors (Lipinski definition) is 4. The normalized spacial score (nSPS) is 11.5. The van der Waals surface area contributed by atoms with Crippen molar-refractivity contribution in [2.45, 2.75) is 33.1 Å². The van der Waals surface area contributed by atoms with E-state index in [-0.39, 0.29) is 23.2 Å². The van der Waals surface area contributed by atoms with E-state index in [1.165, 1.54) is 5.56 Å². The zero-order valence-corrected chi connectivity index (χ0v) is 20.0. The highest BCUT2D eigenvalue weighted by atomic mass is 35.5. The molecule has 0 fully saturated rings. The topological polar surface area (TPSA) is 48.7 Å². The van der Waals surface area contributed by atoms with Crippen LogP contribution >= 0.6 is 11.6 Å². The fourth-order valence-corrected chi connectivity index (χ4v) is 3.72. The van der Waals surface area contributed by atoms with Crippen LogP contribution < -0.4 is 14.9 Å². The predicted molar refractivity (Wildman–Crippen MR) is 134 cm³/mol. The lowest BCUT2D eigenvalue weighted by Gasteiger charge is -2.19. The van der Waals surface area contributed by atoms with Gasteiger partial charge in [-0.3, -0.25) is 4.79 Å². The zero-order chi connectivity index (χ0) is 23.6. The van der Waals surface area contributed by atoms with E-state index in [4.69, 9.17) is 25.5 Å². The minimum atomic E-state index is -0.257. The summed E-state index contributed by atoms with van der Waals surface area (Å²) < 4.78 is 17.9. The molecule has 0 unspecified atom stereocenters. The van der Waals surface area contributed by atoms with E-state index in [1.54, 1.807) is 12.1 Å². The Labute approximate surface area is 198 Å². The smallest absolute Gasteiger partial charge is 0.235 e. The lowest BCUT2D eigenvalue weighted by molar-refractivity contribution is 0.214. The standard InChI is InChI=1S/C28H27ClO4/c1-18-16-24-22(17-23(18)29)25(30)27(32-15-14-31-21-8-6-5-7-9-21)26(33-24)19-10-12-20(13-11-19)28(2,3)4/h5-13,16-17H,14-15H2,1-4H3. The van der Waals surface area contributed by atoms with Crippen LogP contribution in [0.4, 0.5) is 0 Å². The molecule has 0 bridgehead atoms. The van der Waals surface area contributed by atoms with Crippen LogP contribution in [0.2, 0.25) is 5.02 Å². The first-order valence-corrected chi connectivity index (χ1v) is 11.3. The molecule has 3 aromatic carbocycles. The number of rotatable bonds is 6. The predicted octanol–water partition coefficient (Wildman–Crippen LogP) is 7.18. The van der Waals surface area contributed by atoms with Gasteiger partial charge in [-0.1, -0.05) is 74.8 Å². The van der Waals surface area contributed by atoms with Gasteiger partial charge in [-0.2, -0.15) is 0 Å². The van der Waals surface area contributed by atoms with Crippen molar-refractivity contribution in [3.63, 3.8) is 0 Å². The Bertz CT molecular complexity index is 1320. The van der Waals surface area contributed by atoms with Crippen molar-refractivity contribution in [3.8, 4) is 22.8 Å². The summed E-state index contributed by atoms with van der Waals surface area (Å²) in [6.07, 6.45) is 0. The molecular formula is C28H27ClO4. The molecule has 0 saturated heterocycles. The number of benzene rings is 3. The van der Waals surface area contributed by atoms with Gasteiger partial charge < -0.3 is 13.9 Å². The van der Waals surface area contributed by atoms with Crippen molar-refractivity contribution in [1.29, 1.82) is 0 Å². The fraction of sp³-hybridized carbons (Fsp3) is 0.250. The molecule has 0 atom stereocenters. The van der Waals surface area contributed by atoms with Gasteiger partial charge in [-0.05, 0) is 47.7 Å². The molecule has 0 aliphatic heterocycles. The van der Waals surface area contributed by atoms with Crippen LogP contribution in [0.15, 0.2) is 75.9 Å². The molecule has 0 radical (unpaired) electrons. The second-order valence-corrected chi connectivity index (χ2v) is 9.43. The summed E-state index contributed by atoms with van der Waals surface area (Å²) in [4.78, 5) is 13.4. The average Bonchev–Trinajstić information content (AvgIpc) is 2.79. The van der Waals surface area contributed by atoms with Gasteiger partial charge in [0.1, 0.15) is 24.5 Å². The third kappa shape index (κ3) is 5.07. The molecule has 0 spiro atoms. The van der Waals surface area contributed by atoms with E-state index in [2.05, 4.69) is 32.9 Å². The van der Waals surface area contributed by atoms with Crippen molar-refractivity contribution in [2.24, 2.45) is 0 Å². The van der Waals surface area contributed by atoms with Crippen LogP contribution in [0.1, 0.15) is 31.9 Å². The van der Waals surface area contributed by atoms with Crippen LogP contribution in [0, 0.1) is 6.92 Å².